The predicted octanol–water partition coefficient (Wildman–Crippen LogP) is 5.86. The van der Waals surface area contributed by atoms with E-state index in [2.05, 4.69) is 31.9 Å². The standard InChI is InChI=1S/C15H21Br2NO3/c16-8-6-4-2-1-3-5-7-9-21-15-11-13(17)10-14(12-15)18(19)20/h10-12H,1-9H2. The number of unbranched alkanes of at least 4 members (excludes halogenated alkanes) is 6. The lowest BCUT2D eigenvalue weighted by atomic mass is 10.1. The number of alkyl halides is 1. The summed E-state index contributed by atoms with van der Waals surface area (Å²) in [4.78, 5) is 10.3. The zero-order valence-electron chi connectivity index (χ0n) is 12.0. The molecule has 0 bridgehead atoms. The third-order valence-electron chi connectivity index (χ3n) is 3.11. The molecular weight excluding hydrogens is 402 g/mol. The van der Waals surface area contributed by atoms with E-state index in [0.717, 1.165) is 18.2 Å². The zero-order chi connectivity index (χ0) is 15.5. The Kier molecular flexibility index (Phi) is 9.67. The van der Waals surface area contributed by atoms with Crippen LogP contribution < -0.4 is 4.74 Å². The van der Waals surface area contributed by atoms with Crippen molar-refractivity contribution in [2.45, 2.75) is 44.9 Å². The molecule has 0 saturated carbocycles. The Bertz CT molecular complexity index is 441. The Balaban J connectivity index is 2.17. The number of nitrogens with zero attached hydrogens (tertiary/aromatic N) is 1. The normalized spacial score (nSPS) is 10.6. The maximum Gasteiger partial charge on any atom is 0.274 e. The number of ether oxygens (including phenoxy) is 1. The molecule has 0 heterocycles. The number of hydrogen-bond acceptors (Lipinski definition) is 3. The number of nitro groups is 1. The first-order chi connectivity index (χ1) is 10.1. The van der Waals surface area contributed by atoms with Gasteiger partial charge in [0.05, 0.1) is 17.6 Å². The SMILES string of the molecule is O=[N+]([O-])c1cc(Br)cc(OCCCCCCCCCBr)c1. The van der Waals surface area contributed by atoms with Crippen molar-refractivity contribution in [3.8, 4) is 5.75 Å². The molecule has 0 aliphatic heterocycles. The highest BCUT2D eigenvalue weighted by Gasteiger charge is 2.09. The van der Waals surface area contributed by atoms with Crippen molar-refractivity contribution in [3.05, 3.63) is 32.8 Å². The van der Waals surface area contributed by atoms with Gasteiger partial charge in [0.25, 0.3) is 5.69 Å². The topological polar surface area (TPSA) is 52.4 Å². The fraction of sp³-hybridized carbons (Fsp3) is 0.600. The lowest BCUT2D eigenvalue weighted by Crippen LogP contribution is -1.98. The molecule has 1 aromatic rings. The van der Waals surface area contributed by atoms with Crippen molar-refractivity contribution in [2.24, 2.45) is 0 Å². The summed E-state index contributed by atoms with van der Waals surface area (Å²) in [5.41, 5.74) is 0.0474. The van der Waals surface area contributed by atoms with Crippen LogP contribution in [0.4, 0.5) is 5.69 Å². The van der Waals surface area contributed by atoms with E-state index >= 15 is 0 Å². The Hall–Kier alpha value is -0.620. The van der Waals surface area contributed by atoms with Gasteiger partial charge in [-0.2, -0.15) is 0 Å². The second kappa shape index (κ2) is 11.0. The molecule has 21 heavy (non-hydrogen) atoms. The third kappa shape index (κ3) is 8.41. The van der Waals surface area contributed by atoms with E-state index in [-0.39, 0.29) is 5.69 Å². The second-order valence-electron chi connectivity index (χ2n) is 4.91. The van der Waals surface area contributed by atoms with Crippen LogP contribution in [0.15, 0.2) is 22.7 Å². The Morgan fingerprint density at radius 3 is 2.24 bits per heavy atom. The number of nitro benzene ring substituents is 1. The first-order valence-corrected chi connectivity index (χ1v) is 9.18. The Labute approximate surface area is 142 Å². The third-order valence-corrected chi connectivity index (χ3v) is 4.13. The van der Waals surface area contributed by atoms with Crippen LogP contribution in [0.5, 0.6) is 5.75 Å². The van der Waals surface area contributed by atoms with Crippen LogP contribution in [0.25, 0.3) is 0 Å². The summed E-state index contributed by atoms with van der Waals surface area (Å²) in [5.74, 6) is 0.549. The van der Waals surface area contributed by atoms with Gasteiger partial charge in [0.1, 0.15) is 5.75 Å². The number of hydrogen-bond donors (Lipinski definition) is 0. The number of halogens is 2. The minimum absolute atomic E-state index is 0.0474. The van der Waals surface area contributed by atoms with Crippen LogP contribution in [0.3, 0.4) is 0 Å². The molecule has 0 aliphatic rings. The quantitative estimate of drug-likeness (QED) is 0.194. The van der Waals surface area contributed by atoms with Crippen LogP contribution in [-0.2, 0) is 0 Å². The molecule has 0 fully saturated rings. The highest BCUT2D eigenvalue weighted by Crippen LogP contribution is 2.26. The van der Waals surface area contributed by atoms with Crippen molar-refractivity contribution >= 4 is 37.5 Å². The van der Waals surface area contributed by atoms with Crippen LogP contribution in [0.2, 0.25) is 0 Å². The van der Waals surface area contributed by atoms with Crippen molar-refractivity contribution in [3.63, 3.8) is 0 Å². The first kappa shape index (κ1) is 18.4. The summed E-state index contributed by atoms with van der Waals surface area (Å²) in [6.45, 7) is 0.606. The van der Waals surface area contributed by atoms with Gasteiger partial charge < -0.3 is 4.74 Å². The maximum absolute atomic E-state index is 10.8. The van der Waals surface area contributed by atoms with Crippen LogP contribution >= 0.6 is 31.9 Å². The summed E-state index contributed by atoms with van der Waals surface area (Å²) in [6.07, 6.45) is 8.47. The number of non-ortho nitro benzene ring substituents is 1. The van der Waals surface area contributed by atoms with Gasteiger partial charge in [-0.3, -0.25) is 10.1 Å². The van der Waals surface area contributed by atoms with Gasteiger partial charge in [-0.25, -0.2) is 0 Å². The van der Waals surface area contributed by atoms with Crippen LogP contribution in [-0.4, -0.2) is 16.9 Å². The molecule has 0 radical (unpaired) electrons. The monoisotopic (exact) mass is 421 g/mol. The van der Waals surface area contributed by atoms with Gasteiger partial charge in [0.2, 0.25) is 0 Å². The van der Waals surface area contributed by atoms with Crippen molar-refractivity contribution in [1.82, 2.24) is 0 Å². The summed E-state index contributed by atoms with van der Waals surface area (Å²) in [7, 11) is 0. The Morgan fingerprint density at radius 2 is 1.62 bits per heavy atom. The fourth-order valence-corrected chi connectivity index (χ4v) is 2.86. The molecule has 0 atom stereocenters. The largest absolute Gasteiger partial charge is 0.493 e. The lowest BCUT2D eigenvalue weighted by Gasteiger charge is -2.06. The summed E-state index contributed by atoms with van der Waals surface area (Å²) in [5, 5.41) is 11.9. The van der Waals surface area contributed by atoms with Crippen molar-refractivity contribution in [2.75, 3.05) is 11.9 Å². The molecule has 0 amide bonds. The summed E-state index contributed by atoms with van der Waals surface area (Å²) >= 11 is 6.69. The minimum atomic E-state index is -0.412. The summed E-state index contributed by atoms with van der Waals surface area (Å²) in [6, 6.07) is 4.69. The van der Waals surface area contributed by atoms with E-state index < -0.39 is 4.92 Å². The average Bonchev–Trinajstić information content (AvgIpc) is 2.45. The van der Waals surface area contributed by atoms with E-state index in [1.165, 1.54) is 44.2 Å². The van der Waals surface area contributed by atoms with E-state index in [9.17, 15) is 10.1 Å². The van der Waals surface area contributed by atoms with Gasteiger partial charge in [0.15, 0.2) is 0 Å². The molecule has 1 rings (SSSR count). The molecular formula is C15H21Br2NO3. The Morgan fingerprint density at radius 1 is 1.00 bits per heavy atom. The second-order valence-corrected chi connectivity index (χ2v) is 6.62. The summed E-state index contributed by atoms with van der Waals surface area (Å²) < 4.78 is 6.25. The maximum atomic E-state index is 10.8. The van der Waals surface area contributed by atoms with Gasteiger partial charge in [-0.05, 0) is 18.9 Å². The zero-order valence-corrected chi connectivity index (χ0v) is 15.2. The van der Waals surface area contributed by atoms with E-state index in [1.54, 1.807) is 6.07 Å². The molecule has 0 saturated heterocycles. The average molecular weight is 423 g/mol. The highest BCUT2D eigenvalue weighted by atomic mass is 79.9. The molecule has 4 nitrogen and oxygen atoms in total. The smallest absolute Gasteiger partial charge is 0.274 e. The van der Waals surface area contributed by atoms with E-state index in [0.29, 0.717) is 16.8 Å². The molecule has 6 heteroatoms. The van der Waals surface area contributed by atoms with Crippen molar-refractivity contribution < 1.29 is 9.66 Å². The van der Waals surface area contributed by atoms with E-state index in [4.69, 9.17) is 4.74 Å². The predicted molar refractivity (Wildman–Crippen MR) is 92.4 cm³/mol. The van der Waals surface area contributed by atoms with Gasteiger partial charge in [0, 0.05) is 15.9 Å². The number of benzene rings is 1. The number of rotatable bonds is 11. The van der Waals surface area contributed by atoms with Crippen LogP contribution in [0.1, 0.15) is 44.9 Å². The van der Waals surface area contributed by atoms with Crippen molar-refractivity contribution in [1.29, 1.82) is 0 Å². The van der Waals surface area contributed by atoms with Crippen LogP contribution in [0, 0.1) is 10.1 Å². The van der Waals surface area contributed by atoms with Gasteiger partial charge in [-0.15, -0.1) is 0 Å². The molecule has 0 aromatic heterocycles. The lowest BCUT2D eigenvalue weighted by molar-refractivity contribution is -0.385. The minimum Gasteiger partial charge on any atom is -0.493 e. The van der Waals surface area contributed by atoms with Gasteiger partial charge >= 0.3 is 0 Å². The molecule has 0 aliphatic carbocycles. The fourth-order valence-electron chi connectivity index (χ4n) is 2.01. The molecule has 0 spiro atoms. The first-order valence-electron chi connectivity index (χ1n) is 7.27. The molecule has 0 N–H and O–H groups in total. The van der Waals surface area contributed by atoms with E-state index in [1.807, 2.05) is 0 Å². The highest BCUT2D eigenvalue weighted by molar-refractivity contribution is 9.10. The van der Waals surface area contributed by atoms with Gasteiger partial charge in [-0.1, -0.05) is 64.0 Å². The molecule has 0 unspecified atom stereocenters. The molecule has 118 valence electrons. The molecule has 1 aromatic carbocycles.